The first kappa shape index (κ1) is 21.6. The van der Waals surface area contributed by atoms with E-state index in [4.69, 9.17) is 11.6 Å². The summed E-state index contributed by atoms with van der Waals surface area (Å²) in [7, 11) is 4.07. The number of alkyl halides is 3. The van der Waals surface area contributed by atoms with Crippen molar-refractivity contribution in [1.29, 1.82) is 0 Å². The van der Waals surface area contributed by atoms with Crippen molar-refractivity contribution < 1.29 is 13.2 Å². The minimum absolute atomic E-state index is 0.0312. The molecule has 0 aromatic carbocycles. The van der Waals surface area contributed by atoms with Crippen molar-refractivity contribution in [2.75, 3.05) is 32.5 Å². The molecule has 0 unspecified atom stereocenters. The molecule has 29 heavy (non-hydrogen) atoms. The van der Waals surface area contributed by atoms with Gasteiger partial charge in [0.1, 0.15) is 5.02 Å². The Morgan fingerprint density at radius 3 is 2.48 bits per heavy atom. The first-order valence-corrected chi connectivity index (χ1v) is 9.69. The third kappa shape index (κ3) is 4.90. The molecule has 1 saturated carbocycles. The fraction of sp³-hybridized carbons (Fsp3) is 0.526. The van der Waals surface area contributed by atoms with Gasteiger partial charge in [0.15, 0.2) is 5.82 Å². The smallest absolute Gasteiger partial charge is 0.382 e. The molecule has 1 N–H and O–H groups in total. The summed E-state index contributed by atoms with van der Waals surface area (Å²) in [5.41, 5.74) is -1.03. The van der Waals surface area contributed by atoms with Gasteiger partial charge in [0.2, 0.25) is 0 Å². The first-order chi connectivity index (χ1) is 13.6. The maximum absolute atomic E-state index is 12.7. The summed E-state index contributed by atoms with van der Waals surface area (Å²) in [6.45, 7) is 1.59. The molecule has 0 amide bonds. The van der Waals surface area contributed by atoms with Gasteiger partial charge in [-0.05, 0) is 39.1 Å². The number of halogens is 4. The zero-order valence-corrected chi connectivity index (χ0v) is 17.0. The molecule has 2 aromatic heterocycles. The molecular formula is C19H23ClF3N5O. The number of nitrogens with zero attached hydrogens (tertiary/aromatic N) is 4. The summed E-state index contributed by atoms with van der Waals surface area (Å²) >= 11 is 6.23. The van der Waals surface area contributed by atoms with Crippen LogP contribution in [0.25, 0.3) is 5.82 Å². The Hall–Kier alpha value is -2.13. The zero-order valence-electron chi connectivity index (χ0n) is 16.3. The van der Waals surface area contributed by atoms with Crippen LogP contribution in [-0.2, 0) is 6.18 Å². The van der Waals surface area contributed by atoms with Gasteiger partial charge >= 0.3 is 6.18 Å². The number of aromatic nitrogens is 3. The summed E-state index contributed by atoms with van der Waals surface area (Å²) in [5.74, 6) is -0.0312. The summed E-state index contributed by atoms with van der Waals surface area (Å²) in [4.78, 5) is 18.4. The van der Waals surface area contributed by atoms with Gasteiger partial charge in [-0.3, -0.25) is 4.79 Å². The summed E-state index contributed by atoms with van der Waals surface area (Å²) in [6, 6.07) is 1.94. The molecule has 2 aromatic rings. The van der Waals surface area contributed by atoms with E-state index in [1.807, 2.05) is 14.1 Å². The second-order valence-corrected chi connectivity index (χ2v) is 8.17. The number of anilines is 1. The van der Waals surface area contributed by atoms with Gasteiger partial charge in [-0.1, -0.05) is 24.4 Å². The average Bonchev–Trinajstić information content (AvgIpc) is 3.10. The van der Waals surface area contributed by atoms with Crippen LogP contribution in [0.2, 0.25) is 5.02 Å². The molecule has 1 fully saturated rings. The van der Waals surface area contributed by atoms with Crippen molar-refractivity contribution in [3.8, 4) is 5.82 Å². The highest BCUT2D eigenvalue weighted by Gasteiger charge is 2.34. The van der Waals surface area contributed by atoms with E-state index >= 15 is 0 Å². The molecule has 0 aliphatic heterocycles. The van der Waals surface area contributed by atoms with Gasteiger partial charge in [-0.15, -0.1) is 0 Å². The first-order valence-electron chi connectivity index (χ1n) is 9.31. The number of hydrogen-bond donors (Lipinski definition) is 1. The van der Waals surface area contributed by atoms with E-state index in [1.54, 1.807) is 0 Å². The lowest BCUT2D eigenvalue weighted by atomic mass is 9.85. The molecule has 1 aliphatic carbocycles. The van der Waals surface area contributed by atoms with Crippen molar-refractivity contribution in [3.05, 3.63) is 45.5 Å². The van der Waals surface area contributed by atoms with E-state index in [9.17, 15) is 18.0 Å². The monoisotopic (exact) mass is 429 g/mol. The van der Waals surface area contributed by atoms with E-state index in [0.29, 0.717) is 18.4 Å². The standard InChI is InChI=1S/C19H23ClF3N5O/c1-27(2)12-18(7-3-4-8-18)11-25-14-10-26-28(17(29)16(14)20)15-6-5-13(9-24-15)19(21,22)23/h5-6,9-10,25H,3-4,7-8,11-12H2,1-2H3. The van der Waals surface area contributed by atoms with Crippen molar-refractivity contribution in [3.63, 3.8) is 0 Å². The molecule has 0 radical (unpaired) electrons. The van der Waals surface area contributed by atoms with Gasteiger partial charge in [-0.25, -0.2) is 4.98 Å². The van der Waals surface area contributed by atoms with Gasteiger partial charge in [0.25, 0.3) is 5.56 Å². The van der Waals surface area contributed by atoms with Crippen LogP contribution < -0.4 is 10.9 Å². The molecule has 158 valence electrons. The predicted octanol–water partition coefficient (Wildman–Crippen LogP) is 3.83. The molecule has 10 heteroatoms. The van der Waals surface area contributed by atoms with E-state index in [0.717, 1.165) is 36.2 Å². The van der Waals surface area contributed by atoms with Crippen LogP contribution in [0, 0.1) is 5.41 Å². The summed E-state index contributed by atoms with van der Waals surface area (Å²) < 4.78 is 38.9. The number of nitrogens with one attached hydrogen (secondary N) is 1. The van der Waals surface area contributed by atoms with E-state index < -0.39 is 17.3 Å². The van der Waals surface area contributed by atoms with Crippen LogP contribution in [0.5, 0.6) is 0 Å². The Kier molecular flexibility index (Phi) is 6.19. The maximum atomic E-state index is 12.7. The Morgan fingerprint density at radius 1 is 1.24 bits per heavy atom. The van der Waals surface area contributed by atoms with Crippen molar-refractivity contribution in [2.45, 2.75) is 31.9 Å². The lowest BCUT2D eigenvalue weighted by Crippen LogP contribution is -2.37. The lowest BCUT2D eigenvalue weighted by molar-refractivity contribution is -0.137. The van der Waals surface area contributed by atoms with Crippen LogP contribution >= 0.6 is 11.6 Å². The zero-order chi connectivity index (χ0) is 21.2. The van der Waals surface area contributed by atoms with E-state index in [2.05, 4.69) is 20.3 Å². The normalized spacial score (nSPS) is 16.4. The van der Waals surface area contributed by atoms with Crippen molar-refractivity contribution in [1.82, 2.24) is 19.7 Å². The predicted molar refractivity (Wildman–Crippen MR) is 106 cm³/mol. The molecule has 6 nitrogen and oxygen atoms in total. The Morgan fingerprint density at radius 2 is 1.93 bits per heavy atom. The van der Waals surface area contributed by atoms with Crippen molar-refractivity contribution >= 4 is 17.3 Å². The highest BCUT2D eigenvalue weighted by Crippen LogP contribution is 2.39. The number of pyridine rings is 1. The Balaban J connectivity index is 1.80. The van der Waals surface area contributed by atoms with Crippen LogP contribution in [0.3, 0.4) is 0 Å². The topological polar surface area (TPSA) is 63.1 Å². The third-order valence-corrected chi connectivity index (χ3v) is 5.55. The summed E-state index contributed by atoms with van der Waals surface area (Å²) in [5, 5.41) is 7.21. The van der Waals surface area contributed by atoms with Gasteiger partial charge in [0, 0.05) is 24.7 Å². The van der Waals surface area contributed by atoms with Crippen LogP contribution in [-0.4, -0.2) is 46.8 Å². The van der Waals surface area contributed by atoms with Crippen LogP contribution in [0.1, 0.15) is 31.2 Å². The third-order valence-electron chi connectivity index (χ3n) is 5.18. The molecule has 3 rings (SSSR count). The Labute approximate surface area is 171 Å². The molecule has 0 atom stereocenters. The largest absolute Gasteiger partial charge is 0.417 e. The molecule has 1 aliphatic rings. The quantitative estimate of drug-likeness (QED) is 0.756. The number of rotatable bonds is 6. The van der Waals surface area contributed by atoms with Gasteiger partial charge in [-0.2, -0.15) is 23.0 Å². The molecule has 0 saturated heterocycles. The Bertz CT molecular complexity index is 906. The minimum atomic E-state index is -4.50. The molecule has 0 spiro atoms. The average molecular weight is 430 g/mol. The number of hydrogen-bond acceptors (Lipinski definition) is 5. The second-order valence-electron chi connectivity index (χ2n) is 7.79. The molecular weight excluding hydrogens is 407 g/mol. The van der Waals surface area contributed by atoms with Crippen molar-refractivity contribution in [2.24, 2.45) is 5.41 Å². The molecule has 0 bridgehead atoms. The second kappa shape index (κ2) is 8.31. The van der Waals surface area contributed by atoms with Crippen LogP contribution in [0.4, 0.5) is 18.9 Å². The highest BCUT2D eigenvalue weighted by molar-refractivity contribution is 6.32. The molecule has 2 heterocycles. The fourth-order valence-electron chi connectivity index (χ4n) is 3.87. The summed E-state index contributed by atoms with van der Waals surface area (Å²) in [6.07, 6.45) is 2.09. The van der Waals surface area contributed by atoms with E-state index in [-0.39, 0.29) is 16.3 Å². The lowest BCUT2D eigenvalue weighted by Gasteiger charge is -2.32. The van der Waals surface area contributed by atoms with E-state index in [1.165, 1.54) is 19.0 Å². The van der Waals surface area contributed by atoms with Gasteiger partial charge in [0.05, 0.1) is 17.4 Å². The maximum Gasteiger partial charge on any atom is 0.417 e. The minimum Gasteiger partial charge on any atom is -0.382 e. The van der Waals surface area contributed by atoms with Crippen LogP contribution in [0.15, 0.2) is 29.3 Å². The fourth-order valence-corrected chi connectivity index (χ4v) is 4.06. The SMILES string of the molecule is CN(C)CC1(CNc2cnn(-c3ccc(C(F)(F)F)cn3)c(=O)c2Cl)CCCC1. The highest BCUT2D eigenvalue weighted by atomic mass is 35.5. The van der Waals surface area contributed by atoms with Gasteiger partial charge < -0.3 is 10.2 Å².